The summed E-state index contributed by atoms with van der Waals surface area (Å²) in [6, 6.07) is 13.2. The molecular weight excluding hydrogens is 282 g/mol. The highest BCUT2D eigenvalue weighted by molar-refractivity contribution is 5.97. The van der Waals surface area contributed by atoms with Crippen molar-refractivity contribution in [1.82, 2.24) is 0 Å². The Bertz CT molecular complexity index is 665. The minimum Gasteiger partial charge on any atom is -0.485 e. The Morgan fingerprint density at radius 3 is 2.55 bits per heavy atom. The zero-order valence-electron chi connectivity index (χ0n) is 12.3. The lowest BCUT2D eigenvalue weighted by atomic mass is 10.1. The molecule has 2 rings (SSSR count). The summed E-state index contributed by atoms with van der Waals surface area (Å²) >= 11 is 0. The van der Waals surface area contributed by atoms with Crippen molar-refractivity contribution >= 4 is 11.5 Å². The number of ether oxygens (including phenoxy) is 1. The minimum absolute atomic E-state index is 0.0612. The number of nitrogens with zero attached hydrogens (tertiary/aromatic N) is 1. The van der Waals surface area contributed by atoms with Crippen LogP contribution in [0.2, 0.25) is 0 Å². The third kappa shape index (κ3) is 4.15. The fourth-order valence-corrected chi connectivity index (χ4v) is 2.07. The van der Waals surface area contributed by atoms with Gasteiger partial charge in [0.05, 0.1) is 11.0 Å². The topological polar surface area (TPSA) is 69.4 Å². The summed E-state index contributed by atoms with van der Waals surface area (Å²) in [6.07, 6.45) is 2.04. The number of hydrogen-bond donors (Lipinski definition) is 0. The number of nitro groups is 1. The molecule has 0 atom stereocenters. The highest BCUT2D eigenvalue weighted by Crippen LogP contribution is 2.19. The summed E-state index contributed by atoms with van der Waals surface area (Å²) in [5.74, 6) is 0.153. The van der Waals surface area contributed by atoms with E-state index in [1.807, 2.05) is 12.1 Å². The molecule has 0 unspecified atom stereocenters. The fourth-order valence-electron chi connectivity index (χ4n) is 2.07. The minimum atomic E-state index is -0.499. The van der Waals surface area contributed by atoms with Gasteiger partial charge in [-0.1, -0.05) is 43.7 Å². The van der Waals surface area contributed by atoms with E-state index in [1.54, 1.807) is 18.2 Å². The molecule has 0 aliphatic rings. The predicted molar refractivity (Wildman–Crippen MR) is 83.4 cm³/mol. The molecule has 0 saturated carbocycles. The third-order valence-corrected chi connectivity index (χ3v) is 3.21. The monoisotopic (exact) mass is 299 g/mol. The molecule has 0 fully saturated rings. The Kier molecular flexibility index (Phi) is 5.25. The van der Waals surface area contributed by atoms with E-state index in [2.05, 4.69) is 6.92 Å². The van der Waals surface area contributed by atoms with Crippen molar-refractivity contribution in [3.05, 3.63) is 69.8 Å². The van der Waals surface area contributed by atoms with Gasteiger partial charge in [0.15, 0.2) is 12.4 Å². The SMILES string of the molecule is CCCc1ccc(C(=O)COc2cccc([N+](=O)[O-])c2)cc1. The molecule has 2 aromatic carbocycles. The van der Waals surface area contributed by atoms with Crippen molar-refractivity contribution in [2.75, 3.05) is 6.61 Å². The van der Waals surface area contributed by atoms with Gasteiger partial charge in [-0.15, -0.1) is 0 Å². The van der Waals surface area contributed by atoms with Crippen LogP contribution in [-0.4, -0.2) is 17.3 Å². The van der Waals surface area contributed by atoms with Crippen molar-refractivity contribution in [3.8, 4) is 5.75 Å². The summed E-state index contributed by atoms with van der Waals surface area (Å²) in [5.41, 5.74) is 1.71. The summed E-state index contributed by atoms with van der Waals surface area (Å²) < 4.78 is 5.34. The second-order valence-corrected chi connectivity index (χ2v) is 4.91. The average Bonchev–Trinajstić information content (AvgIpc) is 2.54. The molecule has 0 radical (unpaired) electrons. The summed E-state index contributed by atoms with van der Waals surface area (Å²) in [4.78, 5) is 22.2. The van der Waals surface area contributed by atoms with Gasteiger partial charge < -0.3 is 4.74 Å². The molecule has 5 heteroatoms. The maximum atomic E-state index is 12.0. The molecule has 0 bridgehead atoms. The molecule has 0 saturated heterocycles. The standard InChI is InChI=1S/C17H17NO4/c1-2-4-13-7-9-14(10-8-13)17(19)12-22-16-6-3-5-15(11-16)18(20)21/h3,5-11H,2,4,12H2,1H3. The van der Waals surface area contributed by atoms with Crippen LogP contribution in [-0.2, 0) is 6.42 Å². The molecule has 114 valence electrons. The fraction of sp³-hybridized carbons (Fsp3) is 0.235. The summed E-state index contributed by atoms with van der Waals surface area (Å²) in [5, 5.41) is 10.7. The molecule has 0 spiro atoms. The molecule has 0 aliphatic carbocycles. The van der Waals surface area contributed by atoms with Crippen molar-refractivity contribution in [1.29, 1.82) is 0 Å². The maximum absolute atomic E-state index is 12.0. The smallest absolute Gasteiger partial charge is 0.273 e. The van der Waals surface area contributed by atoms with Gasteiger partial charge in [-0.2, -0.15) is 0 Å². The summed E-state index contributed by atoms with van der Waals surface area (Å²) in [6.45, 7) is 1.96. The first kappa shape index (κ1) is 15.7. The van der Waals surface area contributed by atoms with Crippen LogP contribution in [0.4, 0.5) is 5.69 Å². The van der Waals surface area contributed by atoms with Crippen LogP contribution in [0.15, 0.2) is 48.5 Å². The third-order valence-electron chi connectivity index (χ3n) is 3.21. The Morgan fingerprint density at radius 1 is 1.18 bits per heavy atom. The first-order chi connectivity index (χ1) is 10.6. The van der Waals surface area contributed by atoms with E-state index in [-0.39, 0.29) is 18.1 Å². The van der Waals surface area contributed by atoms with Crippen LogP contribution >= 0.6 is 0 Å². The number of carbonyl (C=O) groups is 1. The van der Waals surface area contributed by atoms with Gasteiger partial charge in [0, 0.05) is 11.6 Å². The number of non-ortho nitro benzene ring substituents is 1. The quantitative estimate of drug-likeness (QED) is 0.443. The number of nitro benzene ring substituents is 1. The van der Waals surface area contributed by atoms with Gasteiger partial charge >= 0.3 is 0 Å². The van der Waals surface area contributed by atoms with E-state index < -0.39 is 4.92 Å². The Balaban J connectivity index is 1.97. The largest absolute Gasteiger partial charge is 0.485 e. The van der Waals surface area contributed by atoms with E-state index in [1.165, 1.54) is 23.8 Å². The maximum Gasteiger partial charge on any atom is 0.273 e. The van der Waals surface area contributed by atoms with Crippen molar-refractivity contribution in [2.24, 2.45) is 0 Å². The lowest BCUT2D eigenvalue weighted by Gasteiger charge is -2.06. The van der Waals surface area contributed by atoms with E-state index in [9.17, 15) is 14.9 Å². The first-order valence-electron chi connectivity index (χ1n) is 7.09. The zero-order valence-corrected chi connectivity index (χ0v) is 12.3. The first-order valence-corrected chi connectivity index (χ1v) is 7.09. The van der Waals surface area contributed by atoms with Crippen LogP contribution in [0.1, 0.15) is 29.3 Å². The Hall–Kier alpha value is -2.69. The molecular formula is C17H17NO4. The van der Waals surface area contributed by atoms with Crippen LogP contribution in [0.5, 0.6) is 5.75 Å². The van der Waals surface area contributed by atoms with Crippen molar-refractivity contribution < 1.29 is 14.5 Å². The van der Waals surface area contributed by atoms with Crippen LogP contribution in [0.3, 0.4) is 0 Å². The second kappa shape index (κ2) is 7.36. The molecule has 0 N–H and O–H groups in total. The van der Waals surface area contributed by atoms with Gasteiger partial charge in [0.1, 0.15) is 5.75 Å². The average molecular weight is 299 g/mol. The normalized spacial score (nSPS) is 10.2. The number of rotatable bonds is 7. The number of carbonyl (C=O) groups excluding carboxylic acids is 1. The van der Waals surface area contributed by atoms with E-state index in [0.717, 1.165) is 12.8 Å². The van der Waals surface area contributed by atoms with E-state index >= 15 is 0 Å². The number of hydrogen-bond acceptors (Lipinski definition) is 4. The summed E-state index contributed by atoms with van der Waals surface area (Å²) in [7, 11) is 0. The zero-order chi connectivity index (χ0) is 15.9. The van der Waals surface area contributed by atoms with Gasteiger partial charge in [0.25, 0.3) is 5.69 Å². The van der Waals surface area contributed by atoms with Crippen LogP contribution < -0.4 is 4.74 Å². The number of Topliss-reactive ketones (excluding diaryl/α,β-unsaturated/α-hetero) is 1. The highest BCUT2D eigenvalue weighted by atomic mass is 16.6. The molecule has 0 amide bonds. The van der Waals surface area contributed by atoms with Gasteiger partial charge in [0.2, 0.25) is 0 Å². The number of benzene rings is 2. The molecule has 22 heavy (non-hydrogen) atoms. The lowest BCUT2D eigenvalue weighted by molar-refractivity contribution is -0.384. The Labute approximate surface area is 128 Å². The molecule has 0 heterocycles. The molecule has 0 aliphatic heterocycles. The predicted octanol–water partition coefficient (Wildman–Crippen LogP) is 3.81. The van der Waals surface area contributed by atoms with Crippen LogP contribution in [0.25, 0.3) is 0 Å². The van der Waals surface area contributed by atoms with Crippen molar-refractivity contribution in [3.63, 3.8) is 0 Å². The van der Waals surface area contributed by atoms with Crippen molar-refractivity contribution in [2.45, 2.75) is 19.8 Å². The molecule has 5 nitrogen and oxygen atoms in total. The number of aryl methyl sites for hydroxylation is 1. The van der Waals surface area contributed by atoms with Gasteiger partial charge in [-0.3, -0.25) is 14.9 Å². The van der Waals surface area contributed by atoms with E-state index in [4.69, 9.17) is 4.74 Å². The van der Waals surface area contributed by atoms with E-state index in [0.29, 0.717) is 11.3 Å². The van der Waals surface area contributed by atoms with Gasteiger partial charge in [-0.25, -0.2) is 0 Å². The Morgan fingerprint density at radius 2 is 1.91 bits per heavy atom. The van der Waals surface area contributed by atoms with Gasteiger partial charge in [-0.05, 0) is 18.1 Å². The molecule has 0 aromatic heterocycles. The number of ketones is 1. The van der Waals surface area contributed by atoms with Crippen LogP contribution in [0, 0.1) is 10.1 Å². The highest BCUT2D eigenvalue weighted by Gasteiger charge is 2.10. The lowest BCUT2D eigenvalue weighted by Crippen LogP contribution is -2.11. The molecule has 2 aromatic rings. The second-order valence-electron chi connectivity index (χ2n) is 4.91.